The van der Waals surface area contributed by atoms with Gasteiger partial charge in [0, 0.05) is 43.2 Å². The fourth-order valence-electron chi connectivity index (χ4n) is 5.03. The molecule has 1 fully saturated rings. The Kier molecular flexibility index (Phi) is 7.29. The number of halogens is 3. The summed E-state index contributed by atoms with van der Waals surface area (Å²) < 4.78 is 38.8. The van der Waals surface area contributed by atoms with Gasteiger partial charge >= 0.3 is 12.2 Å². The summed E-state index contributed by atoms with van der Waals surface area (Å²) in [5.41, 5.74) is 4.93. The van der Waals surface area contributed by atoms with Crippen molar-refractivity contribution >= 4 is 34.1 Å². The Hall–Kier alpha value is -4.84. The monoisotopic (exact) mass is 574 g/mol. The lowest BCUT2D eigenvalue weighted by Gasteiger charge is -2.35. The number of hydrogen-bond donors (Lipinski definition) is 4. The number of alkyl halides is 3. The number of aromatic amines is 2. The van der Waals surface area contributed by atoms with Crippen molar-refractivity contribution in [1.82, 2.24) is 25.1 Å². The lowest BCUT2D eigenvalue weighted by atomic mass is 10.1. The number of nitrogens with zero attached hydrogens (tertiary/aromatic N) is 4. The Morgan fingerprint density at radius 1 is 0.929 bits per heavy atom. The van der Waals surface area contributed by atoms with Gasteiger partial charge in [-0.3, -0.25) is 5.10 Å². The average Bonchev–Trinajstić information content (AvgIpc) is 3.65. The van der Waals surface area contributed by atoms with E-state index in [0.717, 1.165) is 72.8 Å². The number of anilines is 3. The van der Waals surface area contributed by atoms with Gasteiger partial charge in [-0.1, -0.05) is 25.1 Å². The first-order valence-electron chi connectivity index (χ1n) is 13.6. The van der Waals surface area contributed by atoms with E-state index in [0.29, 0.717) is 17.2 Å². The molecule has 0 saturated carbocycles. The van der Waals surface area contributed by atoms with Crippen LogP contribution in [0.1, 0.15) is 12.5 Å². The van der Waals surface area contributed by atoms with Gasteiger partial charge in [0.05, 0.1) is 22.3 Å². The first kappa shape index (κ1) is 27.3. The predicted octanol–water partition coefficient (Wildman–Crippen LogP) is 6.42. The van der Waals surface area contributed by atoms with Crippen molar-refractivity contribution < 1.29 is 18.0 Å². The molecular formula is C30H29F3N8O. The van der Waals surface area contributed by atoms with Crippen LogP contribution in [0.15, 0.2) is 72.8 Å². The van der Waals surface area contributed by atoms with Crippen LogP contribution in [0.3, 0.4) is 0 Å². The number of carbonyl (C=O) groups excluding carboxylic acids is 1. The van der Waals surface area contributed by atoms with Gasteiger partial charge in [0.25, 0.3) is 0 Å². The molecule has 0 radical (unpaired) electrons. The Bertz CT molecular complexity index is 1700. The number of rotatable bonds is 6. The van der Waals surface area contributed by atoms with Gasteiger partial charge in [0.15, 0.2) is 5.82 Å². The zero-order valence-electron chi connectivity index (χ0n) is 22.8. The summed E-state index contributed by atoms with van der Waals surface area (Å²) in [6.45, 7) is 7.37. The Balaban J connectivity index is 1.10. The van der Waals surface area contributed by atoms with Crippen LogP contribution in [0, 0.1) is 0 Å². The van der Waals surface area contributed by atoms with Crippen LogP contribution in [0.5, 0.6) is 0 Å². The minimum atomic E-state index is -4.49. The summed E-state index contributed by atoms with van der Waals surface area (Å²) in [6, 6.07) is 19.0. The van der Waals surface area contributed by atoms with Crippen molar-refractivity contribution in [2.24, 2.45) is 0 Å². The average molecular weight is 575 g/mol. The molecule has 2 aromatic heterocycles. The number of aromatic nitrogens is 4. The Morgan fingerprint density at radius 2 is 1.69 bits per heavy atom. The maximum atomic E-state index is 12.9. The molecule has 0 spiro atoms. The number of benzene rings is 3. The molecule has 4 N–H and O–H groups in total. The minimum Gasteiger partial charge on any atom is -0.369 e. The number of urea groups is 1. The SMILES string of the molecule is CCN1CCN(c2ccc3[nH]c(-c4cc(-c5ccc(NC(=O)Nc6cccc(C(F)(F)F)c6)cc5)[nH]n4)nc3c2)CC1. The lowest BCUT2D eigenvalue weighted by Crippen LogP contribution is -2.46. The smallest absolute Gasteiger partial charge is 0.369 e. The van der Waals surface area contributed by atoms with Crippen molar-refractivity contribution in [3.05, 3.63) is 78.4 Å². The third kappa shape index (κ3) is 5.93. The van der Waals surface area contributed by atoms with Gasteiger partial charge in [-0.25, -0.2) is 9.78 Å². The first-order chi connectivity index (χ1) is 20.2. The molecule has 1 aliphatic rings. The summed E-state index contributed by atoms with van der Waals surface area (Å²) in [5.74, 6) is 0.657. The highest BCUT2D eigenvalue weighted by atomic mass is 19.4. The number of amides is 2. The van der Waals surface area contributed by atoms with Gasteiger partial charge < -0.3 is 25.4 Å². The van der Waals surface area contributed by atoms with Crippen molar-refractivity contribution in [3.63, 3.8) is 0 Å². The molecule has 0 bridgehead atoms. The van der Waals surface area contributed by atoms with E-state index in [9.17, 15) is 18.0 Å². The second-order valence-corrected chi connectivity index (χ2v) is 10.1. The molecule has 3 heterocycles. The van der Waals surface area contributed by atoms with Crippen molar-refractivity contribution in [2.75, 3.05) is 48.3 Å². The highest BCUT2D eigenvalue weighted by Crippen LogP contribution is 2.31. The minimum absolute atomic E-state index is 0.0422. The second kappa shape index (κ2) is 11.2. The highest BCUT2D eigenvalue weighted by molar-refractivity contribution is 6.00. The normalized spacial score (nSPS) is 14.3. The van der Waals surface area contributed by atoms with E-state index in [1.165, 1.54) is 12.1 Å². The maximum Gasteiger partial charge on any atom is 0.416 e. The van der Waals surface area contributed by atoms with Crippen LogP contribution in [0.4, 0.5) is 35.0 Å². The predicted molar refractivity (Wildman–Crippen MR) is 158 cm³/mol. The number of piperazine rings is 1. The maximum absolute atomic E-state index is 12.9. The van der Waals surface area contributed by atoms with E-state index >= 15 is 0 Å². The van der Waals surface area contributed by atoms with E-state index < -0.39 is 17.8 Å². The topological polar surface area (TPSA) is 105 Å². The zero-order valence-corrected chi connectivity index (χ0v) is 22.8. The second-order valence-electron chi connectivity index (χ2n) is 10.1. The van der Waals surface area contributed by atoms with E-state index in [2.05, 4.69) is 60.7 Å². The number of imidazole rings is 1. The molecule has 3 aromatic carbocycles. The fourth-order valence-corrected chi connectivity index (χ4v) is 5.03. The number of nitrogens with one attached hydrogen (secondary N) is 4. The quantitative estimate of drug-likeness (QED) is 0.187. The van der Waals surface area contributed by atoms with Crippen LogP contribution >= 0.6 is 0 Å². The molecule has 1 saturated heterocycles. The molecule has 5 aromatic rings. The molecule has 1 aliphatic heterocycles. The van der Waals surface area contributed by atoms with Gasteiger partial charge in [0.2, 0.25) is 0 Å². The fraction of sp³-hybridized carbons (Fsp3) is 0.233. The molecule has 6 rings (SSSR count). The summed E-state index contributed by atoms with van der Waals surface area (Å²) in [4.78, 5) is 25.3. The molecule has 2 amide bonds. The molecule has 216 valence electrons. The Morgan fingerprint density at radius 3 is 2.43 bits per heavy atom. The summed E-state index contributed by atoms with van der Waals surface area (Å²) in [5, 5.41) is 12.5. The standard InChI is InChI=1S/C30H29F3N8O/c1-2-40-12-14-41(15-13-40)23-10-11-24-26(17-23)37-28(36-24)27-18-25(38-39-27)19-6-8-21(9-7-19)34-29(42)35-22-5-3-4-20(16-22)30(31,32)33/h3-11,16-18H,2,12-15H2,1H3,(H,36,37)(H,38,39)(H2,34,35,42). The molecule has 42 heavy (non-hydrogen) atoms. The third-order valence-corrected chi connectivity index (χ3v) is 7.37. The number of hydrogen-bond acceptors (Lipinski definition) is 5. The van der Waals surface area contributed by atoms with Crippen LogP contribution < -0.4 is 15.5 Å². The molecule has 9 nitrogen and oxygen atoms in total. The van der Waals surface area contributed by atoms with Gasteiger partial charge in [-0.2, -0.15) is 18.3 Å². The van der Waals surface area contributed by atoms with E-state index in [1.54, 1.807) is 24.3 Å². The zero-order chi connectivity index (χ0) is 29.3. The molecule has 0 atom stereocenters. The van der Waals surface area contributed by atoms with Crippen LogP contribution in [0.25, 0.3) is 33.8 Å². The van der Waals surface area contributed by atoms with Gasteiger partial charge in [-0.05, 0) is 66.7 Å². The largest absolute Gasteiger partial charge is 0.416 e. The van der Waals surface area contributed by atoms with Gasteiger partial charge in [-0.15, -0.1) is 0 Å². The van der Waals surface area contributed by atoms with E-state index in [4.69, 9.17) is 4.98 Å². The highest BCUT2D eigenvalue weighted by Gasteiger charge is 2.30. The van der Waals surface area contributed by atoms with Crippen molar-refractivity contribution in [2.45, 2.75) is 13.1 Å². The third-order valence-electron chi connectivity index (χ3n) is 7.37. The molecular weight excluding hydrogens is 545 g/mol. The molecule has 12 heteroatoms. The summed E-state index contributed by atoms with van der Waals surface area (Å²) >= 11 is 0. The van der Waals surface area contributed by atoms with Crippen molar-refractivity contribution in [1.29, 1.82) is 0 Å². The number of H-pyrrole nitrogens is 2. The lowest BCUT2D eigenvalue weighted by molar-refractivity contribution is -0.137. The number of likely N-dealkylation sites (N-methyl/N-ethyl adjacent to an activating group) is 1. The van der Waals surface area contributed by atoms with Crippen molar-refractivity contribution in [3.8, 4) is 22.8 Å². The number of carbonyl (C=O) groups is 1. The summed E-state index contributed by atoms with van der Waals surface area (Å²) in [7, 11) is 0. The van der Waals surface area contributed by atoms with E-state index in [-0.39, 0.29) is 5.69 Å². The summed E-state index contributed by atoms with van der Waals surface area (Å²) in [6.07, 6.45) is -4.49. The Labute approximate surface area is 239 Å². The van der Waals surface area contributed by atoms with Crippen LogP contribution in [-0.4, -0.2) is 63.8 Å². The van der Waals surface area contributed by atoms with Gasteiger partial charge in [0.1, 0.15) is 5.69 Å². The first-order valence-corrected chi connectivity index (χ1v) is 13.6. The number of fused-ring (bicyclic) bond motifs is 1. The molecule has 0 unspecified atom stereocenters. The van der Waals surface area contributed by atoms with Crippen LogP contribution in [0.2, 0.25) is 0 Å². The molecule has 0 aliphatic carbocycles. The van der Waals surface area contributed by atoms with E-state index in [1.807, 2.05) is 6.07 Å². The van der Waals surface area contributed by atoms with Crippen LogP contribution in [-0.2, 0) is 6.18 Å².